The van der Waals surface area contributed by atoms with Crippen LogP contribution in [0.1, 0.15) is 0 Å². The Balaban J connectivity index is 1.76. The molecule has 2 heterocycles. The lowest BCUT2D eigenvalue weighted by Crippen LogP contribution is -1.99. The van der Waals surface area contributed by atoms with E-state index in [-0.39, 0.29) is 0 Å². The molecule has 0 saturated carbocycles. The summed E-state index contributed by atoms with van der Waals surface area (Å²) in [6.07, 6.45) is 3.30. The molecule has 0 bridgehead atoms. The highest BCUT2D eigenvalue weighted by molar-refractivity contribution is 5.89. The van der Waals surface area contributed by atoms with Crippen LogP contribution in [0, 0.1) is 0 Å². The smallest absolute Gasteiger partial charge is 0.168 e. The highest BCUT2D eigenvalue weighted by atomic mass is 16.5. The topological polar surface area (TPSA) is 64.9 Å². The van der Waals surface area contributed by atoms with Gasteiger partial charge in [0.15, 0.2) is 5.65 Å². The summed E-state index contributed by atoms with van der Waals surface area (Å²) in [5, 5.41) is 8.60. The van der Waals surface area contributed by atoms with E-state index in [2.05, 4.69) is 20.4 Å². The van der Waals surface area contributed by atoms with Crippen LogP contribution in [0.4, 0.5) is 11.5 Å². The van der Waals surface area contributed by atoms with Crippen LogP contribution in [0.15, 0.2) is 67.1 Å². The third-order valence-corrected chi connectivity index (χ3v) is 3.70. The first-order chi connectivity index (χ1) is 11.8. The molecule has 0 atom stereocenters. The number of methoxy groups -OCH3 is 1. The molecule has 4 rings (SSSR count). The fourth-order valence-electron chi connectivity index (χ4n) is 2.54. The summed E-state index contributed by atoms with van der Waals surface area (Å²) in [6.45, 7) is 0. The summed E-state index contributed by atoms with van der Waals surface area (Å²) in [4.78, 5) is 8.73. The average molecular weight is 317 g/mol. The summed E-state index contributed by atoms with van der Waals surface area (Å²) in [5.41, 5.74) is 2.60. The minimum Gasteiger partial charge on any atom is -0.497 e. The normalized spacial score (nSPS) is 10.7. The lowest BCUT2D eigenvalue weighted by Gasteiger charge is -2.08. The molecule has 2 aromatic heterocycles. The van der Waals surface area contributed by atoms with E-state index < -0.39 is 0 Å². The molecule has 0 aliphatic rings. The van der Waals surface area contributed by atoms with Gasteiger partial charge in [-0.15, -0.1) is 0 Å². The number of nitrogens with zero attached hydrogens (tertiary/aromatic N) is 4. The molecule has 6 heteroatoms. The Kier molecular flexibility index (Phi) is 3.55. The van der Waals surface area contributed by atoms with Crippen molar-refractivity contribution in [3.8, 4) is 11.4 Å². The monoisotopic (exact) mass is 317 g/mol. The predicted molar refractivity (Wildman–Crippen MR) is 92.9 cm³/mol. The van der Waals surface area contributed by atoms with Crippen molar-refractivity contribution in [2.45, 2.75) is 0 Å². The van der Waals surface area contributed by atoms with E-state index in [4.69, 9.17) is 4.74 Å². The third-order valence-electron chi connectivity index (χ3n) is 3.70. The van der Waals surface area contributed by atoms with Crippen molar-refractivity contribution in [2.75, 3.05) is 12.4 Å². The lowest BCUT2D eigenvalue weighted by molar-refractivity contribution is 0.415. The van der Waals surface area contributed by atoms with Crippen molar-refractivity contribution < 1.29 is 4.74 Å². The maximum atomic E-state index is 5.25. The van der Waals surface area contributed by atoms with Crippen molar-refractivity contribution in [2.24, 2.45) is 0 Å². The van der Waals surface area contributed by atoms with E-state index in [1.807, 2.05) is 54.6 Å². The quantitative estimate of drug-likeness (QED) is 0.623. The van der Waals surface area contributed by atoms with Crippen LogP contribution in [0.2, 0.25) is 0 Å². The number of nitrogens with one attached hydrogen (secondary N) is 1. The van der Waals surface area contributed by atoms with Crippen molar-refractivity contribution in [3.05, 3.63) is 67.1 Å². The fraction of sp³-hybridized carbons (Fsp3) is 0.0556. The largest absolute Gasteiger partial charge is 0.497 e. The number of benzene rings is 2. The molecular formula is C18H15N5O. The van der Waals surface area contributed by atoms with Crippen molar-refractivity contribution in [3.63, 3.8) is 0 Å². The Morgan fingerprint density at radius 1 is 1.00 bits per heavy atom. The van der Waals surface area contributed by atoms with E-state index in [0.717, 1.165) is 28.2 Å². The van der Waals surface area contributed by atoms with Gasteiger partial charge in [0.2, 0.25) is 0 Å². The number of rotatable bonds is 4. The summed E-state index contributed by atoms with van der Waals surface area (Å²) < 4.78 is 7.05. The maximum absolute atomic E-state index is 5.25. The highest BCUT2D eigenvalue weighted by Gasteiger charge is 2.11. The molecule has 0 fully saturated rings. The minimum absolute atomic E-state index is 0.704. The number of para-hydroxylation sites is 1. The van der Waals surface area contributed by atoms with E-state index in [0.29, 0.717) is 5.82 Å². The first-order valence-electron chi connectivity index (χ1n) is 7.50. The molecule has 4 aromatic rings. The number of hydrogen-bond acceptors (Lipinski definition) is 5. The molecule has 0 amide bonds. The minimum atomic E-state index is 0.704. The predicted octanol–water partition coefficient (Wildman–Crippen LogP) is 3.57. The standard InChI is InChI=1S/C18H15N5O/c1-24-15-9-5-6-13(10-15)22-17-16-11-21-23(18(16)20-12-19-17)14-7-3-2-4-8-14/h2-12H,1H3,(H,19,20,22). The maximum Gasteiger partial charge on any atom is 0.168 e. The van der Waals surface area contributed by atoms with Gasteiger partial charge in [0, 0.05) is 11.8 Å². The van der Waals surface area contributed by atoms with Gasteiger partial charge in [-0.1, -0.05) is 24.3 Å². The number of fused-ring (bicyclic) bond motifs is 1. The first kappa shape index (κ1) is 14.2. The van der Waals surface area contributed by atoms with Crippen LogP contribution in [-0.4, -0.2) is 26.9 Å². The van der Waals surface area contributed by atoms with Gasteiger partial charge in [-0.3, -0.25) is 0 Å². The van der Waals surface area contributed by atoms with Crippen LogP contribution in [0.3, 0.4) is 0 Å². The second-order valence-corrected chi connectivity index (χ2v) is 5.21. The molecule has 0 aliphatic carbocycles. The average Bonchev–Trinajstić information content (AvgIpc) is 3.08. The molecule has 0 spiro atoms. The number of anilines is 2. The van der Waals surface area contributed by atoms with Gasteiger partial charge in [-0.05, 0) is 24.3 Å². The second-order valence-electron chi connectivity index (χ2n) is 5.21. The summed E-state index contributed by atoms with van der Waals surface area (Å²) in [6, 6.07) is 17.6. The summed E-state index contributed by atoms with van der Waals surface area (Å²) in [5.74, 6) is 1.49. The Hall–Kier alpha value is -3.41. The Morgan fingerprint density at radius 3 is 2.71 bits per heavy atom. The zero-order valence-electron chi connectivity index (χ0n) is 13.0. The van der Waals surface area contributed by atoms with Crippen LogP contribution < -0.4 is 10.1 Å². The molecule has 1 N–H and O–H groups in total. The van der Waals surface area contributed by atoms with E-state index in [9.17, 15) is 0 Å². The van der Waals surface area contributed by atoms with Gasteiger partial charge in [-0.2, -0.15) is 5.10 Å². The fourth-order valence-corrected chi connectivity index (χ4v) is 2.54. The van der Waals surface area contributed by atoms with Gasteiger partial charge in [0.05, 0.1) is 24.4 Å². The Labute approximate surface area is 138 Å². The molecule has 0 aliphatic heterocycles. The van der Waals surface area contributed by atoms with Gasteiger partial charge in [0.25, 0.3) is 0 Å². The van der Waals surface area contributed by atoms with Crippen LogP contribution >= 0.6 is 0 Å². The van der Waals surface area contributed by atoms with Gasteiger partial charge >= 0.3 is 0 Å². The second kappa shape index (κ2) is 6.00. The molecule has 2 aromatic carbocycles. The third kappa shape index (κ3) is 2.54. The number of ether oxygens (including phenoxy) is 1. The Bertz CT molecular complexity index is 981. The highest BCUT2D eigenvalue weighted by Crippen LogP contribution is 2.26. The molecule has 6 nitrogen and oxygen atoms in total. The first-order valence-corrected chi connectivity index (χ1v) is 7.50. The number of hydrogen-bond donors (Lipinski definition) is 1. The zero-order chi connectivity index (χ0) is 16.4. The summed E-state index contributed by atoms with van der Waals surface area (Å²) in [7, 11) is 1.64. The van der Waals surface area contributed by atoms with Crippen LogP contribution in [0.5, 0.6) is 5.75 Å². The molecule has 118 valence electrons. The van der Waals surface area contributed by atoms with Gasteiger partial charge < -0.3 is 10.1 Å². The number of aromatic nitrogens is 4. The van der Waals surface area contributed by atoms with Gasteiger partial charge in [-0.25, -0.2) is 14.6 Å². The molecule has 0 saturated heterocycles. The van der Waals surface area contributed by atoms with Gasteiger partial charge in [0.1, 0.15) is 17.9 Å². The van der Waals surface area contributed by atoms with Crippen LogP contribution in [-0.2, 0) is 0 Å². The van der Waals surface area contributed by atoms with E-state index in [1.54, 1.807) is 18.0 Å². The molecule has 0 unspecified atom stereocenters. The van der Waals surface area contributed by atoms with E-state index in [1.165, 1.54) is 6.33 Å². The zero-order valence-corrected chi connectivity index (χ0v) is 13.0. The lowest BCUT2D eigenvalue weighted by atomic mass is 10.3. The van der Waals surface area contributed by atoms with E-state index >= 15 is 0 Å². The van der Waals surface area contributed by atoms with Crippen molar-refractivity contribution in [1.29, 1.82) is 0 Å². The van der Waals surface area contributed by atoms with Crippen molar-refractivity contribution in [1.82, 2.24) is 19.7 Å². The SMILES string of the molecule is COc1cccc(Nc2ncnc3c2cnn3-c2ccccc2)c1. The molecule has 24 heavy (non-hydrogen) atoms. The van der Waals surface area contributed by atoms with Crippen molar-refractivity contribution >= 4 is 22.5 Å². The Morgan fingerprint density at radius 2 is 1.88 bits per heavy atom. The van der Waals surface area contributed by atoms with Crippen LogP contribution in [0.25, 0.3) is 16.7 Å². The molecule has 0 radical (unpaired) electrons. The molecular weight excluding hydrogens is 302 g/mol. The summed E-state index contributed by atoms with van der Waals surface area (Å²) >= 11 is 0.